The molecule has 0 aliphatic rings. The number of ether oxygens (including phenoxy) is 1. The van der Waals surface area contributed by atoms with E-state index in [-0.39, 0.29) is 12.6 Å². The van der Waals surface area contributed by atoms with Gasteiger partial charge < -0.3 is 10.1 Å². The van der Waals surface area contributed by atoms with Crippen LogP contribution in [-0.2, 0) is 11.2 Å². The van der Waals surface area contributed by atoms with Crippen molar-refractivity contribution in [1.29, 1.82) is 0 Å². The molecule has 0 saturated heterocycles. The van der Waals surface area contributed by atoms with Crippen LogP contribution in [0.3, 0.4) is 0 Å². The van der Waals surface area contributed by atoms with Crippen molar-refractivity contribution in [3.8, 4) is 0 Å². The van der Waals surface area contributed by atoms with E-state index in [1.807, 2.05) is 12.1 Å². The molecule has 1 N–H and O–H groups in total. The van der Waals surface area contributed by atoms with Crippen LogP contribution in [0.4, 0.5) is 13.2 Å². The highest BCUT2D eigenvalue weighted by Crippen LogP contribution is 2.20. The summed E-state index contributed by atoms with van der Waals surface area (Å²) in [5.74, 6) is 0.603. The average molecular weight is 303 g/mol. The molecule has 1 rings (SSSR count). The summed E-state index contributed by atoms with van der Waals surface area (Å²) in [6, 6.07) is 8.23. The topological polar surface area (TPSA) is 21.3 Å². The SMILES string of the molecule is CNC(CCOCC(F)(F)F)c1ccc(CC(C)C)cc1. The van der Waals surface area contributed by atoms with Gasteiger partial charge in [0.1, 0.15) is 6.61 Å². The summed E-state index contributed by atoms with van der Waals surface area (Å²) >= 11 is 0. The number of hydrogen-bond donors (Lipinski definition) is 1. The highest BCUT2D eigenvalue weighted by Gasteiger charge is 2.27. The van der Waals surface area contributed by atoms with E-state index in [1.165, 1.54) is 5.56 Å². The highest BCUT2D eigenvalue weighted by molar-refractivity contribution is 5.25. The molecule has 1 aromatic rings. The molecule has 1 aromatic carbocycles. The number of rotatable bonds is 8. The van der Waals surface area contributed by atoms with Gasteiger partial charge in [-0.2, -0.15) is 13.2 Å². The standard InChI is InChI=1S/C16H24F3NO/c1-12(2)10-13-4-6-14(7-5-13)15(20-3)8-9-21-11-16(17,18)19/h4-7,12,15,20H,8-11H2,1-3H3. The first kappa shape index (κ1) is 18.0. The Hall–Kier alpha value is -1.07. The lowest BCUT2D eigenvalue weighted by atomic mass is 9.98. The Labute approximate surface area is 124 Å². The van der Waals surface area contributed by atoms with Gasteiger partial charge in [-0.1, -0.05) is 38.1 Å². The summed E-state index contributed by atoms with van der Waals surface area (Å²) < 4.78 is 40.6. The molecule has 0 bridgehead atoms. The number of hydrogen-bond acceptors (Lipinski definition) is 2. The summed E-state index contributed by atoms with van der Waals surface area (Å²) in [7, 11) is 1.80. The quantitative estimate of drug-likeness (QED) is 0.730. The number of nitrogens with one attached hydrogen (secondary N) is 1. The molecule has 0 aliphatic heterocycles. The lowest BCUT2D eigenvalue weighted by Crippen LogP contribution is -2.21. The minimum atomic E-state index is -4.26. The Morgan fingerprint density at radius 2 is 1.76 bits per heavy atom. The van der Waals surface area contributed by atoms with E-state index in [1.54, 1.807) is 7.05 Å². The molecule has 1 unspecified atom stereocenters. The maximum absolute atomic E-state index is 12.0. The van der Waals surface area contributed by atoms with Crippen LogP contribution >= 0.6 is 0 Å². The van der Waals surface area contributed by atoms with E-state index in [0.29, 0.717) is 12.3 Å². The van der Waals surface area contributed by atoms with Gasteiger partial charge in [0.25, 0.3) is 0 Å². The van der Waals surface area contributed by atoms with Crippen molar-refractivity contribution in [2.24, 2.45) is 5.92 Å². The van der Waals surface area contributed by atoms with Crippen molar-refractivity contribution < 1.29 is 17.9 Å². The largest absolute Gasteiger partial charge is 0.411 e. The molecule has 2 nitrogen and oxygen atoms in total. The molecule has 0 aliphatic carbocycles. The Balaban J connectivity index is 2.48. The molecule has 120 valence electrons. The molecule has 1 atom stereocenters. The van der Waals surface area contributed by atoms with Gasteiger partial charge in [-0.05, 0) is 36.9 Å². The van der Waals surface area contributed by atoms with Gasteiger partial charge in [-0.15, -0.1) is 0 Å². The molecule has 0 spiro atoms. The van der Waals surface area contributed by atoms with E-state index >= 15 is 0 Å². The zero-order chi connectivity index (χ0) is 15.9. The van der Waals surface area contributed by atoms with Gasteiger partial charge in [0.15, 0.2) is 0 Å². The first-order valence-corrected chi connectivity index (χ1v) is 7.22. The van der Waals surface area contributed by atoms with Crippen molar-refractivity contribution in [2.45, 2.75) is 38.9 Å². The fourth-order valence-corrected chi connectivity index (χ4v) is 2.22. The maximum Gasteiger partial charge on any atom is 0.411 e. The summed E-state index contributed by atoms with van der Waals surface area (Å²) in [6.07, 6.45) is -2.72. The van der Waals surface area contributed by atoms with Gasteiger partial charge >= 0.3 is 6.18 Å². The Morgan fingerprint density at radius 3 is 2.24 bits per heavy atom. The number of halogens is 3. The molecule has 0 fully saturated rings. The molecule has 5 heteroatoms. The van der Waals surface area contributed by atoms with Crippen LogP contribution in [0, 0.1) is 5.92 Å². The van der Waals surface area contributed by atoms with Crippen molar-refractivity contribution in [1.82, 2.24) is 5.32 Å². The van der Waals surface area contributed by atoms with Crippen LogP contribution in [0.2, 0.25) is 0 Å². The average Bonchev–Trinajstić information content (AvgIpc) is 2.38. The van der Waals surface area contributed by atoms with Crippen LogP contribution in [-0.4, -0.2) is 26.4 Å². The summed E-state index contributed by atoms with van der Waals surface area (Å²) in [5, 5.41) is 3.11. The van der Waals surface area contributed by atoms with Crippen molar-refractivity contribution in [2.75, 3.05) is 20.3 Å². The van der Waals surface area contributed by atoms with Crippen LogP contribution in [0.1, 0.15) is 37.4 Å². The van der Waals surface area contributed by atoms with Crippen LogP contribution in [0.25, 0.3) is 0 Å². The second kappa shape index (κ2) is 8.39. The summed E-state index contributed by atoms with van der Waals surface area (Å²) in [6.45, 7) is 3.24. The zero-order valence-electron chi connectivity index (χ0n) is 12.8. The second-order valence-electron chi connectivity index (χ2n) is 5.64. The molecule has 0 saturated carbocycles. The van der Waals surface area contributed by atoms with Gasteiger partial charge in [-0.25, -0.2) is 0 Å². The van der Waals surface area contributed by atoms with Crippen molar-refractivity contribution in [3.63, 3.8) is 0 Å². The molecular formula is C16H24F3NO. The van der Waals surface area contributed by atoms with Crippen LogP contribution in [0.5, 0.6) is 0 Å². The third kappa shape index (κ3) is 7.48. The molecule has 0 aromatic heterocycles. The Morgan fingerprint density at radius 1 is 1.14 bits per heavy atom. The minimum absolute atomic E-state index is 0.00586. The van der Waals surface area contributed by atoms with Crippen LogP contribution < -0.4 is 5.32 Å². The maximum atomic E-state index is 12.0. The molecule has 0 heterocycles. The smallest absolute Gasteiger partial charge is 0.372 e. The monoisotopic (exact) mass is 303 g/mol. The zero-order valence-corrected chi connectivity index (χ0v) is 12.8. The normalized spacial score (nSPS) is 13.7. The highest BCUT2D eigenvalue weighted by atomic mass is 19.4. The summed E-state index contributed by atoms with van der Waals surface area (Å²) in [4.78, 5) is 0. The van der Waals surface area contributed by atoms with E-state index in [2.05, 4.69) is 36.0 Å². The van der Waals surface area contributed by atoms with Crippen molar-refractivity contribution >= 4 is 0 Å². The Bertz CT molecular complexity index is 401. The molecular weight excluding hydrogens is 279 g/mol. The molecule has 0 radical (unpaired) electrons. The third-order valence-electron chi connectivity index (χ3n) is 3.19. The third-order valence-corrected chi connectivity index (χ3v) is 3.19. The lowest BCUT2D eigenvalue weighted by Gasteiger charge is -2.18. The predicted molar refractivity (Wildman–Crippen MR) is 78.3 cm³/mol. The van der Waals surface area contributed by atoms with Gasteiger partial charge in [0.05, 0.1) is 0 Å². The van der Waals surface area contributed by atoms with Gasteiger partial charge in [0, 0.05) is 12.6 Å². The lowest BCUT2D eigenvalue weighted by molar-refractivity contribution is -0.174. The van der Waals surface area contributed by atoms with Crippen molar-refractivity contribution in [3.05, 3.63) is 35.4 Å². The fourth-order valence-electron chi connectivity index (χ4n) is 2.22. The van der Waals surface area contributed by atoms with E-state index in [0.717, 1.165) is 12.0 Å². The fraction of sp³-hybridized carbons (Fsp3) is 0.625. The first-order chi connectivity index (χ1) is 9.81. The van der Waals surface area contributed by atoms with E-state index in [4.69, 9.17) is 0 Å². The van der Waals surface area contributed by atoms with Gasteiger partial charge in [0.2, 0.25) is 0 Å². The summed E-state index contributed by atoms with van der Waals surface area (Å²) in [5.41, 5.74) is 2.34. The second-order valence-corrected chi connectivity index (χ2v) is 5.64. The Kier molecular flexibility index (Phi) is 7.18. The minimum Gasteiger partial charge on any atom is -0.372 e. The van der Waals surface area contributed by atoms with Gasteiger partial charge in [-0.3, -0.25) is 0 Å². The number of alkyl halides is 3. The first-order valence-electron chi connectivity index (χ1n) is 7.22. The molecule has 21 heavy (non-hydrogen) atoms. The van der Waals surface area contributed by atoms with E-state index < -0.39 is 12.8 Å². The number of benzene rings is 1. The van der Waals surface area contributed by atoms with E-state index in [9.17, 15) is 13.2 Å². The predicted octanol–water partition coefficient (Wildman–Crippen LogP) is 4.11. The molecule has 0 amide bonds. The van der Waals surface area contributed by atoms with Crippen LogP contribution in [0.15, 0.2) is 24.3 Å².